The molecule has 1 saturated carbocycles. The number of aryl methyl sites for hydroxylation is 1. The van der Waals surface area contributed by atoms with E-state index in [1.54, 1.807) is 25.1 Å². The van der Waals surface area contributed by atoms with Crippen molar-refractivity contribution in [1.29, 1.82) is 0 Å². The molecule has 3 aliphatic rings. The molecule has 0 radical (unpaired) electrons. The van der Waals surface area contributed by atoms with E-state index in [0.29, 0.717) is 23.4 Å². The second kappa shape index (κ2) is 9.88. The van der Waals surface area contributed by atoms with Gasteiger partial charge >= 0.3 is 0 Å². The Labute approximate surface area is 219 Å². The maximum absolute atomic E-state index is 13.7. The summed E-state index contributed by atoms with van der Waals surface area (Å²) in [6.45, 7) is 2.72. The first-order valence-electron chi connectivity index (χ1n) is 12.6. The monoisotopic (exact) mass is 527 g/mol. The van der Waals surface area contributed by atoms with Gasteiger partial charge in [0.2, 0.25) is 5.78 Å². The Hall–Kier alpha value is -3.70. The summed E-state index contributed by atoms with van der Waals surface area (Å²) >= 11 is 0. The molecule has 0 saturated heterocycles. The highest BCUT2D eigenvalue weighted by Crippen LogP contribution is 2.53. The molecule has 11 heteroatoms. The number of primary amides is 1. The Morgan fingerprint density at radius 2 is 1.87 bits per heavy atom. The topological polar surface area (TPSA) is 190 Å². The molecule has 0 bridgehead atoms. The number of phenols is 1. The summed E-state index contributed by atoms with van der Waals surface area (Å²) in [5.74, 6) is -6.66. The summed E-state index contributed by atoms with van der Waals surface area (Å²) in [4.78, 5) is 52.0. The zero-order valence-corrected chi connectivity index (χ0v) is 21.6. The Morgan fingerprint density at radius 3 is 2.47 bits per heavy atom. The largest absolute Gasteiger partial charge is 0.508 e. The summed E-state index contributed by atoms with van der Waals surface area (Å²) in [7, 11) is 3.59. The third kappa shape index (κ3) is 4.15. The second-order valence-electron chi connectivity index (χ2n) is 10.4. The Bertz CT molecular complexity index is 1310. The number of hydrogen-bond donors (Lipinski definition) is 6. The van der Waals surface area contributed by atoms with E-state index in [4.69, 9.17) is 5.73 Å². The van der Waals surface area contributed by atoms with E-state index in [1.165, 1.54) is 0 Å². The van der Waals surface area contributed by atoms with Crippen molar-refractivity contribution >= 4 is 34.7 Å². The van der Waals surface area contributed by atoms with Gasteiger partial charge in [0.15, 0.2) is 11.4 Å². The van der Waals surface area contributed by atoms with Gasteiger partial charge in [-0.05, 0) is 48.9 Å². The quantitative estimate of drug-likeness (QED) is 0.261. The lowest BCUT2D eigenvalue weighted by molar-refractivity contribution is -0.147. The minimum atomic E-state index is -2.61. The standard InChI is InChI=1S/C27H33N3O8/c1-4-29-11-15(31)6-5-12-9-17(30(2)3)16-8-13-7-14-10-18(32)21(26(28)37)25(36)27(14,38)24(35)19(13)23(34)20(16)22(12)33/h9,13-14,29,33-34,36,38H,4-8,10-11H2,1-3H3,(H2,28,37)/t13-,14+,27+/m1/s1. The summed E-state index contributed by atoms with van der Waals surface area (Å²) in [5, 5.41) is 47.6. The van der Waals surface area contributed by atoms with Crippen LogP contribution in [0.4, 0.5) is 5.69 Å². The van der Waals surface area contributed by atoms with Crippen molar-refractivity contribution < 1.29 is 39.6 Å². The number of nitrogens with two attached hydrogens (primary N) is 1. The first kappa shape index (κ1) is 27.3. The van der Waals surface area contributed by atoms with E-state index < -0.39 is 52.0 Å². The molecular weight excluding hydrogens is 494 g/mol. The van der Waals surface area contributed by atoms with Crippen LogP contribution in [-0.2, 0) is 32.0 Å². The third-order valence-electron chi connectivity index (χ3n) is 7.85. The number of Topliss-reactive ketones (excluding diaryl/α,β-unsaturated/α-hetero) is 3. The highest BCUT2D eigenvalue weighted by molar-refractivity contribution is 6.22. The molecule has 0 aromatic heterocycles. The van der Waals surface area contributed by atoms with Crippen LogP contribution in [0.2, 0.25) is 0 Å². The van der Waals surface area contributed by atoms with Gasteiger partial charge in [0, 0.05) is 44.1 Å². The molecule has 1 fully saturated rings. The van der Waals surface area contributed by atoms with Gasteiger partial charge in [-0.15, -0.1) is 0 Å². The van der Waals surface area contributed by atoms with Crippen LogP contribution in [-0.4, -0.2) is 76.5 Å². The average molecular weight is 528 g/mol. The molecule has 0 heterocycles. The molecular formula is C27H33N3O8. The summed E-state index contributed by atoms with van der Waals surface area (Å²) in [6, 6.07) is 1.76. The van der Waals surface area contributed by atoms with Crippen molar-refractivity contribution in [2.24, 2.45) is 17.6 Å². The van der Waals surface area contributed by atoms with Crippen LogP contribution in [0.3, 0.4) is 0 Å². The summed E-state index contributed by atoms with van der Waals surface area (Å²) in [6.07, 6.45) is 0.263. The lowest BCUT2D eigenvalue weighted by Gasteiger charge is -2.46. The Morgan fingerprint density at radius 1 is 1.18 bits per heavy atom. The number of aliphatic hydroxyl groups is 3. The van der Waals surface area contributed by atoms with Crippen molar-refractivity contribution in [3.05, 3.63) is 39.7 Å². The zero-order valence-electron chi connectivity index (χ0n) is 21.6. The van der Waals surface area contributed by atoms with Crippen LogP contribution in [0.1, 0.15) is 42.9 Å². The number of hydrogen-bond acceptors (Lipinski definition) is 10. The van der Waals surface area contributed by atoms with Crippen LogP contribution >= 0.6 is 0 Å². The number of aliphatic hydroxyl groups excluding tert-OH is 2. The molecule has 204 valence electrons. The first-order valence-corrected chi connectivity index (χ1v) is 12.6. The number of benzene rings is 1. The van der Waals surface area contributed by atoms with Gasteiger partial charge in [-0.3, -0.25) is 19.2 Å². The van der Waals surface area contributed by atoms with Crippen LogP contribution in [0, 0.1) is 11.8 Å². The van der Waals surface area contributed by atoms with Crippen molar-refractivity contribution in [3.63, 3.8) is 0 Å². The average Bonchev–Trinajstić information content (AvgIpc) is 2.83. The highest BCUT2D eigenvalue weighted by atomic mass is 16.3. The van der Waals surface area contributed by atoms with Crippen LogP contribution in [0.25, 0.3) is 5.76 Å². The number of anilines is 1. The molecule has 4 rings (SSSR count). The molecule has 0 aliphatic heterocycles. The number of ketones is 3. The van der Waals surface area contributed by atoms with Gasteiger partial charge in [0.1, 0.15) is 28.6 Å². The van der Waals surface area contributed by atoms with E-state index in [0.717, 1.165) is 0 Å². The van der Waals surface area contributed by atoms with Crippen molar-refractivity contribution in [2.75, 3.05) is 32.1 Å². The molecule has 1 aromatic carbocycles. The fourth-order valence-electron chi connectivity index (χ4n) is 5.94. The number of nitrogens with one attached hydrogen (secondary N) is 1. The number of nitrogens with zero attached hydrogens (tertiary/aromatic N) is 1. The minimum absolute atomic E-state index is 0.0254. The number of carbonyl (C=O) groups is 4. The van der Waals surface area contributed by atoms with Gasteiger partial charge in [-0.25, -0.2) is 0 Å². The van der Waals surface area contributed by atoms with E-state index in [1.807, 2.05) is 6.92 Å². The zero-order chi connectivity index (χ0) is 28.1. The normalized spacial score (nSPS) is 24.6. The fraction of sp³-hybridized carbons (Fsp3) is 0.481. The van der Waals surface area contributed by atoms with E-state index >= 15 is 0 Å². The molecule has 3 aliphatic carbocycles. The summed E-state index contributed by atoms with van der Waals surface area (Å²) in [5.41, 5.74) is 3.30. The van der Waals surface area contributed by atoms with Crippen molar-refractivity contribution in [3.8, 4) is 5.75 Å². The smallest absolute Gasteiger partial charge is 0.255 e. The van der Waals surface area contributed by atoms with Crippen LogP contribution in [0.5, 0.6) is 5.75 Å². The van der Waals surface area contributed by atoms with E-state index in [9.17, 15) is 39.6 Å². The Balaban J connectivity index is 1.84. The molecule has 1 amide bonds. The lowest BCUT2D eigenvalue weighted by atomic mass is 9.59. The van der Waals surface area contributed by atoms with Crippen LogP contribution in [0.15, 0.2) is 23.0 Å². The maximum Gasteiger partial charge on any atom is 0.255 e. The number of carbonyl (C=O) groups excluding carboxylic acids is 4. The number of aromatic hydroxyl groups is 1. The van der Waals surface area contributed by atoms with Gasteiger partial charge in [0.25, 0.3) is 5.91 Å². The molecule has 1 aromatic rings. The van der Waals surface area contributed by atoms with Crippen LogP contribution < -0.4 is 16.0 Å². The molecule has 11 nitrogen and oxygen atoms in total. The number of amides is 1. The number of phenolic OH excluding ortho intramolecular Hbond substituents is 1. The van der Waals surface area contributed by atoms with Gasteiger partial charge in [-0.1, -0.05) is 6.92 Å². The highest BCUT2D eigenvalue weighted by Gasteiger charge is 2.60. The first-order chi connectivity index (χ1) is 17.8. The molecule has 38 heavy (non-hydrogen) atoms. The SMILES string of the molecule is CCNCC(=O)CCc1cc(N(C)C)c2c(c1O)C(O)=C1C(=O)[C@]3(O)C(O)=C(C(N)=O)C(=O)C[C@@H]3C[C@@H]1C2. The van der Waals surface area contributed by atoms with Crippen molar-refractivity contribution in [1.82, 2.24) is 5.32 Å². The Kier molecular flexibility index (Phi) is 7.11. The maximum atomic E-state index is 13.7. The van der Waals surface area contributed by atoms with Gasteiger partial charge < -0.3 is 36.4 Å². The number of likely N-dealkylation sites (N-methyl/N-ethyl adjacent to an activating group) is 1. The molecule has 7 N–H and O–H groups in total. The lowest BCUT2D eigenvalue weighted by Crippen LogP contribution is -2.58. The van der Waals surface area contributed by atoms with E-state index in [-0.39, 0.29) is 61.3 Å². The fourth-order valence-corrected chi connectivity index (χ4v) is 5.94. The van der Waals surface area contributed by atoms with Gasteiger partial charge in [0.05, 0.1) is 12.1 Å². The number of rotatable bonds is 8. The van der Waals surface area contributed by atoms with Gasteiger partial charge in [-0.2, -0.15) is 0 Å². The second-order valence-corrected chi connectivity index (χ2v) is 10.4. The van der Waals surface area contributed by atoms with Crippen molar-refractivity contribution in [2.45, 2.75) is 44.6 Å². The predicted molar refractivity (Wildman–Crippen MR) is 138 cm³/mol. The van der Waals surface area contributed by atoms with E-state index in [2.05, 4.69) is 5.32 Å². The number of fused-ring (bicyclic) bond motifs is 3. The minimum Gasteiger partial charge on any atom is -0.508 e. The third-order valence-corrected chi connectivity index (χ3v) is 7.85. The molecule has 0 unspecified atom stereocenters. The molecule has 0 spiro atoms. The molecule has 3 atom stereocenters. The predicted octanol–water partition coefficient (Wildman–Crippen LogP) is 0.601. The summed E-state index contributed by atoms with van der Waals surface area (Å²) < 4.78 is 0.